The Morgan fingerprint density at radius 2 is 1.83 bits per heavy atom. The van der Waals surface area contributed by atoms with E-state index in [9.17, 15) is 9.59 Å². The van der Waals surface area contributed by atoms with Crippen molar-refractivity contribution in [2.45, 2.75) is 26.3 Å². The number of aliphatic carboxylic acids is 1. The zero-order valence-corrected chi connectivity index (χ0v) is 14.1. The zero-order valence-electron chi connectivity index (χ0n) is 12.6. The Morgan fingerprint density at radius 3 is 2.35 bits per heavy atom. The Morgan fingerprint density at radius 1 is 1.26 bits per heavy atom. The van der Waals surface area contributed by atoms with Gasteiger partial charge in [0.05, 0.1) is 10.0 Å². The van der Waals surface area contributed by atoms with Crippen LogP contribution in [0.4, 0.5) is 0 Å². The zero-order chi connectivity index (χ0) is 17.4. The third kappa shape index (κ3) is 3.46. The highest BCUT2D eigenvalue weighted by molar-refractivity contribution is 6.37. The van der Waals surface area contributed by atoms with Crippen LogP contribution < -0.4 is 5.32 Å². The molecule has 0 atom stereocenters. The van der Waals surface area contributed by atoms with E-state index in [4.69, 9.17) is 28.3 Å². The Hall–Kier alpha value is -2.12. The van der Waals surface area contributed by atoms with E-state index in [0.29, 0.717) is 21.6 Å². The molecule has 2 aromatic rings. The molecule has 2 rings (SSSR count). The van der Waals surface area contributed by atoms with Crippen LogP contribution in [0.25, 0.3) is 5.69 Å². The van der Waals surface area contributed by atoms with Gasteiger partial charge >= 0.3 is 5.97 Å². The van der Waals surface area contributed by atoms with Crippen LogP contribution in [-0.4, -0.2) is 37.3 Å². The van der Waals surface area contributed by atoms with Crippen molar-refractivity contribution in [3.63, 3.8) is 0 Å². The summed E-state index contributed by atoms with van der Waals surface area (Å²) >= 11 is 12.2. The van der Waals surface area contributed by atoms with Crippen molar-refractivity contribution in [2.75, 3.05) is 0 Å². The fraction of sp³-hybridized carbons (Fsp3) is 0.286. The van der Waals surface area contributed by atoms with Gasteiger partial charge in [0, 0.05) is 0 Å². The topological polar surface area (TPSA) is 97.1 Å². The van der Waals surface area contributed by atoms with Crippen molar-refractivity contribution in [1.82, 2.24) is 20.1 Å². The molecule has 2 N–H and O–H groups in total. The normalized spacial score (nSPS) is 11.3. The molecule has 1 amide bonds. The molecule has 1 aromatic carbocycles. The second-order valence-electron chi connectivity index (χ2n) is 5.35. The summed E-state index contributed by atoms with van der Waals surface area (Å²) in [7, 11) is 0. The van der Waals surface area contributed by atoms with Crippen LogP contribution in [0, 0.1) is 6.92 Å². The molecule has 23 heavy (non-hydrogen) atoms. The molecule has 0 bridgehead atoms. The summed E-state index contributed by atoms with van der Waals surface area (Å²) in [5.41, 5.74) is -1.05. The average Bonchev–Trinajstić information content (AvgIpc) is 2.80. The van der Waals surface area contributed by atoms with Crippen molar-refractivity contribution >= 4 is 35.1 Å². The highest BCUT2D eigenvalue weighted by atomic mass is 35.5. The maximum atomic E-state index is 12.2. The van der Waals surface area contributed by atoms with E-state index in [1.807, 2.05) is 0 Å². The van der Waals surface area contributed by atoms with Gasteiger partial charge in [-0.05, 0) is 32.9 Å². The highest BCUT2D eigenvalue weighted by Gasteiger charge is 2.31. The predicted octanol–water partition coefficient (Wildman–Crippen LogP) is 2.48. The Balaban J connectivity index is 2.39. The van der Waals surface area contributed by atoms with Gasteiger partial charge in [0.1, 0.15) is 17.1 Å². The lowest BCUT2D eigenvalue weighted by Gasteiger charge is -2.19. The monoisotopic (exact) mass is 356 g/mol. The number of carbonyl (C=O) groups excluding carboxylic acids is 1. The van der Waals surface area contributed by atoms with Crippen LogP contribution in [0.1, 0.15) is 30.3 Å². The number of nitrogens with zero attached hydrogens (tertiary/aromatic N) is 3. The standard InChI is InChI=1S/C14H14Cl2N4O3/c1-7-17-11(12(21)18-14(2,3)13(22)23)19-20(7)10-8(15)5-4-6-9(10)16/h4-6H,1-3H3,(H,18,21)(H,22,23). The Kier molecular flexibility index (Phi) is 4.63. The summed E-state index contributed by atoms with van der Waals surface area (Å²) in [5.74, 6) is -1.66. The summed E-state index contributed by atoms with van der Waals surface area (Å²) in [5, 5.41) is 16.2. The SMILES string of the molecule is Cc1nc(C(=O)NC(C)(C)C(=O)O)nn1-c1c(Cl)cccc1Cl. The quantitative estimate of drug-likeness (QED) is 0.876. The van der Waals surface area contributed by atoms with E-state index in [2.05, 4.69) is 15.4 Å². The Labute approximate surface area is 142 Å². The first kappa shape index (κ1) is 17.2. The van der Waals surface area contributed by atoms with Crippen LogP contribution in [0.3, 0.4) is 0 Å². The number of carbonyl (C=O) groups is 2. The molecule has 0 saturated carbocycles. The molecule has 0 aliphatic carbocycles. The van der Waals surface area contributed by atoms with E-state index in [1.54, 1.807) is 25.1 Å². The number of aromatic nitrogens is 3. The van der Waals surface area contributed by atoms with Gasteiger partial charge < -0.3 is 10.4 Å². The van der Waals surface area contributed by atoms with Crippen molar-refractivity contribution in [1.29, 1.82) is 0 Å². The molecule has 0 saturated heterocycles. The number of hydrogen-bond acceptors (Lipinski definition) is 4. The maximum absolute atomic E-state index is 12.2. The van der Waals surface area contributed by atoms with Gasteiger partial charge in [-0.2, -0.15) is 0 Å². The number of amides is 1. The van der Waals surface area contributed by atoms with Crippen molar-refractivity contribution in [2.24, 2.45) is 0 Å². The minimum absolute atomic E-state index is 0.173. The van der Waals surface area contributed by atoms with Crippen LogP contribution in [0.15, 0.2) is 18.2 Å². The van der Waals surface area contributed by atoms with Gasteiger partial charge in [0.25, 0.3) is 5.91 Å². The number of carboxylic acid groups (broad SMARTS) is 1. The third-order valence-corrected chi connectivity index (χ3v) is 3.69. The van der Waals surface area contributed by atoms with E-state index in [-0.39, 0.29) is 5.82 Å². The number of halogens is 2. The summed E-state index contributed by atoms with van der Waals surface area (Å²) in [6.07, 6.45) is 0. The van der Waals surface area contributed by atoms with E-state index < -0.39 is 17.4 Å². The summed E-state index contributed by atoms with van der Waals surface area (Å²) in [4.78, 5) is 27.3. The van der Waals surface area contributed by atoms with Gasteiger partial charge in [-0.25, -0.2) is 14.5 Å². The lowest BCUT2D eigenvalue weighted by atomic mass is 10.1. The van der Waals surface area contributed by atoms with Crippen LogP contribution in [0.5, 0.6) is 0 Å². The maximum Gasteiger partial charge on any atom is 0.328 e. The molecule has 9 heteroatoms. The highest BCUT2D eigenvalue weighted by Crippen LogP contribution is 2.28. The van der Waals surface area contributed by atoms with Crippen LogP contribution in [-0.2, 0) is 4.79 Å². The van der Waals surface area contributed by atoms with Gasteiger partial charge in [-0.3, -0.25) is 4.79 Å². The minimum Gasteiger partial charge on any atom is -0.480 e. The molecule has 122 valence electrons. The fourth-order valence-electron chi connectivity index (χ4n) is 1.78. The second-order valence-corrected chi connectivity index (χ2v) is 6.16. The summed E-state index contributed by atoms with van der Waals surface area (Å²) in [6, 6.07) is 4.96. The number of carboxylic acids is 1. The van der Waals surface area contributed by atoms with Gasteiger partial charge in [0.2, 0.25) is 5.82 Å². The van der Waals surface area contributed by atoms with Crippen molar-refractivity contribution in [3.8, 4) is 5.69 Å². The lowest BCUT2D eigenvalue weighted by molar-refractivity contribution is -0.143. The number of aryl methyl sites for hydroxylation is 1. The molecule has 1 aromatic heterocycles. The number of nitrogens with one attached hydrogen (secondary N) is 1. The molecular formula is C14H14Cl2N4O3. The molecule has 0 unspecified atom stereocenters. The van der Waals surface area contributed by atoms with Gasteiger partial charge in [-0.1, -0.05) is 29.3 Å². The molecule has 0 fully saturated rings. The second kappa shape index (κ2) is 6.17. The lowest BCUT2D eigenvalue weighted by Crippen LogP contribution is -2.49. The largest absolute Gasteiger partial charge is 0.480 e. The van der Waals surface area contributed by atoms with E-state index >= 15 is 0 Å². The molecule has 0 radical (unpaired) electrons. The number of rotatable bonds is 4. The predicted molar refractivity (Wildman–Crippen MR) is 85.3 cm³/mol. The van der Waals surface area contributed by atoms with Crippen LogP contribution in [0.2, 0.25) is 10.0 Å². The molecule has 0 aliphatic heterocycles. The van der Waals surface area contributed by atoms with E-state index in [1.165, 1.54) is 18.5 Å². The minimum atomic E-state index is -1.45. The fourth-order valence-corrected chi connectivity index (χ4v) is 2.34. The molecule has 7 nitrogen and oxygen atoms in total. The molecule has 1 heterocycles. The number of benzene rings is 1. The average molecular weight is 357 g/mol. The molecule has 0 aliphatic rings. The molecule has 0 spiro atoms. The van der Waals surface area contributed by atoms with Crippen LogP contribution >= 0.6 is 23.2 Å². The Bertz CT molecular complexity index is 766. The third-order valence-electron chi connectivity index (χ3n) is 3.08. The van der Waals surface area contributed by atoms with E-state index in [0.717, 1.165) is 0 Å². The first-order chi connectivity index (χ1) is 10.6. The molecular weight excluding hydrogens is 343 g/mol. The van der Waals surface area contributed by atoms with Gasteiger partial charge in [0.15, 0.2) is 0 Å². The first-order valence-corrected chi connectivity index (χ1v) is 7.33. The summed E-state index contributed by atoms with van der Waals surface area (Å²) in [6.45, 7) is 4.36. The first-order valence-electron chi connectivity index (χ1n) is 6.57. The van der Waals surface area contributed by atoms with Gasteiger partial charge in [-0.15, -0.1) is 5.10 Å². The van der Waals surface area contributed by atoms with Crippen molar-refractivity contribution in [3.05, 3.63) is 39.9 Å². The summed E-state index contributed by atoms with van der Waals surface area (Å²) < 4.78 is 1.34. The smallest absolute Gasteiger partial charge is 0.328 e. The van der Waals surface area contributed by atoms with Crippen molar-refractivity contribution < 1.29 is 14.7 Å². The number of para-hydroxylation sites is 1. The number of hydrogen-bond donors (Lipinski definition) is 2.